The lowest BCUT2D eigenvalue weighted by molar-refractivity contribution is 0.0549. The molecular formula is C23H25N3O5. The molecule has 0 aliphatic carbocycles. The van der Waals surface area contributed by atoms with Gasteiger partial charge in [-0.05, 0) is 43.9 Å². The van der Waals surface area contributed by atoms with Gasteiger partial charge in [0.25, 0.3) is 0 Å². The van der Waals surface area contributed by atoms with Crippen LogP contribution >= 0.6 is 0 Å². The van der Waals surface area contributed by atoms with Crippen LogP contribution in [-0.4, -0.2) is 22.9 Å². The minimum absolute atomic E-state index is 0.00150. The molecule has 31 heavy (non-hydrogen) atoms. The van der Waals surface area contributed by atoms with Gasteiger partial charge in [-0.1, -0.05) is 48.5 Å². The second-order valence-corrected chi connectivity index (χ2v) is 7.87. The van der Waals surface area contributed by atoms with E-state index in [0.717, 1.165) is 10.6 Å². The molecule has 0 saturated heterocycles. The molecule has 8 heteroatoms. The largest absolute Gasteiger partial charge is 0.506 e. The van der Waals surface area contributed by atoms with E-state index in [9.17, 15) is 14.7 Å². The molecule has 0 heterocycles. The standard InChI is InChI=1S/C23H25N3O5/c1-23(2,3)31-22(29)26(25-21(28)30-14-15-8-5-4-6-9-15)20-18(27)13-12-16-10-7-11-17(24)19(16)20/h4-13,27H,14,24H2,1-3H3,(H,25,28). The van der Waals surface area contributed by atoms with E-state index in [4.69, 9.17) is 15.2 Å². The Morgan fingerprint density at radius 2 is 1.74 bits per heavy atom. The molecule has 0 aromatic heterocycles. The fourth-order valence-corrected chi connectivity index (χ4v) is 2.95. The Hall–Kier alpha value is -3.94. The first-order valence-corrected chi connectivity index (χ1v) is 9.66. The number of carbonyl (C=O) groups is 2. The Labute approximate surface area is 180 Å². The van der Waals surface area contributed by atoms with Crippen LogP contribution in [0.1, 0.15) is 26.3 Å². The number of anilines is 2. The van der Waals surface area contributed by atoms with Crippen LogP contribution in [0.5, 0.6) is 5.75 Å². The van der Waals surface area contributed by atoms with Crippen LogP contribution in [0.2, 0.25) is 0 Å². The molecule has 2 amide bonds. The van der Waals surface area contributed by atoms with E-state index in [2.05, 4.69) is 5.43 Å². The molecule has 162 valence electrons. The minimum atomic E-state index is -0.907. The van der Waals surface area contributed by atoms with E-state index < -0.39 is 17.8 Å². The van der Waals surface area contributed by atoms with Gasteiger partial charge in [0.05, 0.1) is 0 Å². The molecule has 0 atom stereocenters. The predicted molar refractivity (Wildman–Crippen MR) is 119 cm³/mol. The Morgan fingerprint density at radius 3 is 2.42 bits per heavy atom. The van der Waals surface area contributed by atoms with E-state index in [-0.39, 0.29) is 18.0 Å². The molecule has 0 saturated carbocycles. The normalized spacial score (nSPS) is 11.1. The summed E-state index contributed by atoms with van der Waals surface area (Å²) in [7, 11) is 0. The molecule has 0 bridgehead atoms. The van der Waals surface area contributed by atoms with Crippen molar-refractivity contribution in [2.75, 3.05) is 10.7 Å². The Morgan fingerprint density at radius 1 is 1.03 bits per heavy atom. The molecule has 0 aliphatic heterocycles. The van der Waals surface area contributed by atoms with Gasteiger partial charge in [-0.3, -0.25) is 0 Å². The number of amides is 2. The summed E-state index contributed by atoms with van der Waals surface area (Å²) >= 11 is 0. The van der Waals surface area contributed by atoms with Crippen molar-refractivity contribution in [2.45, 2.75) is 33.0 Å². The summed E-state index contributed by atoms with van der Waals surface area (Å²) in [5, 5.41) is 12.4. The van der Waals surface area contributed by atoms with Crippen LogP contribution in [0.15, 0.2) is 60.7 Å². The quantitative estimate of drug-likeness (QED) is 0.415. The predicted octanol–water partition coefficient (Wildman–Crippen LogP) is 4.71. The number of rotatable bonds is 3. The molecule has 0 radical (unpaired) electrons. The van der Waals surface area contributed by atoms with Crippen LogP contribution in [0.3, 0.4) is 0 Å². The van der Waals surface area contributed by atoms with Gasteiger partial charge in [0, 0.05) is 11.1 Å². The number of carbonyl (C=O) groups excluding carboxylic acids is 2. The average molecular weight is 423 g/mol. The highest BCUT2D eigenvalue weighted by atomic mass is 16.6. The smallest absolute Gasteiger partial charge is 0.434 e. The molecule has 0 aliphatic rings. The summed E-state index contributed by atoms with van der Waals surface area (Å²) in [5.41, 5.74) is 8.72. The molecule has 0 unspecified atom stereocenters. The zero-order valence-corrected chi connectivity index (χ0v) is 17.6. The van der Waals surface area contributed by atoms with Crippen molar-refractivity contribution < 1.29 is 24.2 Å². The number of ether oxygens (including phenoxy) is 2. The van der Waals surface area contributed by atoms with Gasteiger partial charge in [-0.25, -0.2) is 15.0 Å². The highest BCUT2D eigenvalue weighted by Crippen LogP contribution is 2.38. The number of nitrogens with two attached hydrogens (primary N) is 1. The second kappa shape index (κ2) is 8.83. The summed E-state index contributed by atoms with van der Waals surface area (Å²) in [5.74, 6) is -0.264. The van der Waals surface area contributed by atoms with Crippen LogP contribution < -0.4 is 16.2 Å². The van der Waals surface area contributed by atoms with Gasteiger partial charge in [-0.2, -0.15) is 5.01 Å². The van der Waals surface area contributed by atoms with Gasteiger partial charge in [0.1, 0.15) is 23.6 Å². The number of nitrogens with one attached hydrogen (secondary N) is 1. The molecule has 3 aromatic carbocycles. The maximum absolute atomic E-state index is 13.0. The lowest BCUT2D eigenvalue weighted by Crippen LogP contribution is -2.49. The third-order valence-corrected chi connectivity index (χ3v) is 4.24. The van der Waals surface area contributed by atoms with Crippen LogP contribution in [0.4, 0.5) is 21.0 Å². The van der Waals surface area contributed by atoms with Crippen molar-refractivity contribution in [3.8, 4) is 5.75 Å². The van der Waals surface area contributed by atoms with Crippen molar-refractivity contribution in [2.24, 2.45) is 0 Å². The van der Waals surface area contributed by atoms with Crippen molar-refractivity contribution in [3.05, 3.63) is 66.2 Å². The van der Waals surface area contributed by atoms with Gasteiger partial charge in [-0.15, -0.1) is 0 Å². The number of nitrogen functional groups attached to an aromatic ring is 1. The molecule has 4 N–H and O–H groups in total. The number of phenolic OH excluding ortho intramolecular Hbond substituents is 1. The number of benzene rings is 3. The van der Waals surface area contributed by atoms with E-state index in [0.29, 0.717) is 16.5 Å². The van der Waals surface area contributed by atoms with Gasteiger partial charge in [0.2, 0.25) is 0 Å². The maximum atomic E-state index is 13.0. The van der Waals surface area contributed by atoms with Crippen LogP contribution in [0, 0.1) is 0 Å². The highest BCUT2D eigenvalue weighted by Gasteiger charge is 2.29. The van der Waals surface area contributed by atoms with Gasteiger partial charge < -0.3 is 20.3 Å². The Kier molecular flexibility index (Phi) is 6.20. The molecule has 0 spiro atoms. The summed E-state index contributed by atoms with van der Waals surface area (Å²) in [4.78, 5) is 25.5. The first-order valence-electron chi connectivity index (χ1n) is 9.66. The lowest BCUT2D eigenvalue weighted by Gasteiger charge is -2.28. The average Bonchev–Trinajstić information content (AvgIpc) is 2.71. The number of hydrogen-bond acceptors (Lipinski definition) is 6. The number of hydrogen-bond donors (Lipinski definition) is 3. The second-order valence-electron chi connectivity index (χ2n) is 7.87. The Bertz CT molecular complexity index is 1090. The highest BCUT2D eigenvalue weighted by molar-refractivity contribution is 6.09. The van der Waals surface area contributed by atoms with Crippen molar-refractivity contribution in [1.29, 1.82) is 0 Å². The third-order valence-electron chi connectivity index (χ3n) is 4.24. The first-order chi connectivity index (χ1) is 14.7. The molecule has 3 rings (SSSR count). The van der Waals surface area contributed by atoms with Crippen LogP contribution in [0.25, 0.3) is 10.8 Å². The summed E-state index contributed by atoms with van der Waals surface area (Å²) in [6, 6.07) is 17.3. The van der Waals surface area contributed by atoms with E-state index in [1.54, 1.807) is 57.2 Å². The third kappa shape index (κ3) is 5.36. The summed E-state index contributed by atoms with van der Waals surface area (Å²) < 4.78 is 10.7. The number of hydrazine groups is 1. The van der Waals surface area contributed by atoms with Crippen LogP contribution in [-0.2, 0) is 16.1 Å². The lowest BCUT2D eigenvalue weighted by atomic mass is 10.1. The molecule has 8 nitrogen and oxygen atoms in total. The first kappa shape index (κ1) is 21.8. The van der Waals surface area contributed by atoms with Crippen molar-refractivity contribution in [1.82, 2.24) is 5.43 Å². The summed E-state index contributed by atoms with van der Waals surface area (Å²) in [6.45, 7) is 5.06. The van der Waals surface area contributed by atoms with Crippen molar-refractivity contribution >= 4 is 34.3 Å². The van der Waals surface area contributed by atoms with E-state index in [1.165, 1.54) is 6.07 Å². The van der Waals surface area contributed by atoms with Gasteiger partial charge >= 0.3 is 12.2 Å². The maximum Gasteiger partial charge on any atom is 0.434 e. The number of nitrogens with zero attached hydrogens (tertiary/aromatic N) is 1. The fraction of sp³-hybridized carbons (Fsp3) is 0.217. The minimum Gasteiger partial charge on any atom is -0.506 e. The van der Waals surface area contributed by atoms with Crippen molar-refractivity contribution in [3.63, 3.8) is 0 Å². The molecule has 3 aromatic rings. The topological polar surface area (TPSA) is 114 Å². The van der Waals surface area contributed by atoms with E-state index >= 15 is 0 Å². The number of phenols is 1. The SMILES string of the molecule is CC(C)(C)OC(=O)N(NC(=O)OCc1ccccc1)c1c(O)ccc2cccc(N)c12. The fourth-order valence-electron chi connectivity index (χ4n) is 2.95. The Balaban J connectivity index is 1.96. The van der Waals surface area contributed by atoms with Gasteiger partial charge in [0.15, 0.2) is 0 Å². The zero-order valence-electron chi connectivity index (χ0n) is 17.6. The number of aromatic hydroxyl groups is 1. The zero-order chi connectivity index (χ0) is 22.6. The number of fused-ring (bicyclic) bond motifs is 1. The summed E-state index contributed by atoms with van der Waals surface area (Å²) in [6.07, 6.45) is -1.81. The van der Waals surface area contributed by atoms with E-state index in [1.807, 2.05) is 18.2 Å². The molecule has 0 fully saturated rings. The monoisotopic (exact) mass is 423 g/mol. The molecular weight excluding hydrogens is 398 g/mol.